The Morgan fingerprint density at radius 1 is 1.17 bits per heavy atom. The maximum Gasteiger partial charge on any atom is 0.240 e. The Balaban J connectivity index is 0.00000128. The molecule has 1 spiro atoms. The van der Waals surface area contributed by atoms with Gasteiger partial charge in [-0.15, -0.1) is 24.8 Å². The number of nitrogens with zero attached hydrogens (tertiary/aromatic N) is 3. The summed E-state index contributed by atoms with van der Waals surface area (Å²) in [7, 11) is 0. The van der Waals surface area contributed by atoms with Gasteiger partial charge in [0.1, 0.15) is 5.82 Å². The van der Waals surface area contributed by atoms with E-state index < -0.39 is 0 Å². The number of nitrogens with one attached hydrogen (secondary N) is 2. The standard InChI is InChI=1S/C21H26FN5O.2ClH/c22-17-3-1-15(2-4-17)11-27-19-13-26(12-16(19)10-25-27)20(28)18-9-21(14-24-18)5-7-23-8-6-21;;/h1-4,10,18,23-24H,5-9,11-14H2;2*1H. The Bertz CT molecular complexity index is 882. The summed E-state index contributed by atoms with van der Waals surface area (Å²) in [6.07, 6.45) is 5.11. The normalized spacial score (nSPS) is 21.8. The van der Waals surface area contributed by atoms with Crippen molar-refractivity contribution in [3.05, 3.63) is 53.1 Å². The molecule has 1 atom stereocenters. The average molecular weight is 456 g/mol. The lowest BCUT2D eigenvalue weighted by Gasteiger charge is -2.33. The highest BCUT2D eigenvalue weighted by Gasteiger charge is 2.44. The Morgan fingerprint density at radius 2 is 1.90 bits per heavy atom. The highest BCUT2D eigenvalue weighted by Crippen LogP contribution is 2.38. The summed E-state index contributed by atoms with van der Waals surface area (Å²) < 4.78 is 15.1. The van der Waals surface area contributed by atoms with Crippen LogP contribution >= 0.6 is 24.8 Å². The van der Waals surface area contributed by atoms with E-state index in [1.54, 1.807) is 12.1 Å². The van der Waals surface area contributed by atoms with E-state index in [1.807, 2.05) is 15.8 Å². The smallest absolute Gasteiger partial charge is 0.240 e. The second-order valence-electron chi connectivity index (χ2n) is 8.48. The SMILES string of the molecule is Cl.Cl.O=C(C1CC2(CCNCC2)CN1)N1Cc2cnn(Cc3ccc(F)cc3)c2C1. The van der Waals surface area contributed by atoms with Gasteiger partial charge in [-0.05, 0) is 55.5 Å². The van der Waals surface area contributed by atoms with Gasteiger partial charge in [-0.2, -0.15) is 5.10 Å². The van der Waals surface area contributed by atoms with E-state index in [-0.39, 0.29) is 48.0 Å². The number of hydrogen-bond acceptors (Lipinski definition) is 4. The molecular weight excluding hydrogens is 428 g/mol. The zero-order valence-electron chi connectivity index (χ0n) is 16.8. The van der Waals surface area contributed by atoms with Gasteiger partial charge in [0.2, 0.25) is 5.91 Å². The van der Waals surface area contributed by atoms with Crippen molar-refractivity contribution < 1.29 is 9.18 Å². The van der Waals surface area contributed by atoms with E-state index in [1.165, 1.54) is 12.1 Å². The average Bonchev–Trinajstić information content (AvgIpc) is 3.40. The molecule has 2 fully saturated rings. The van der Waals surface area contributed by atoms with Crippen molar-refractivity contribution in [3.8, 4) is 0 Å². The Morgan fingerprint density at radius 3 is 2.63 bits per heavy atom. The van der Waals surface area contributed by atoms with Crippen molar-refractivity contribution in [2.45, 2.75) is 44.9 Å². The second kappa shape index (κ2) is 9.22. The van der Waals surface area contributed by atoms with E-state index in [0.717, 1.165) is 55.7 Å². The molecule has 0 aliphatic carbocycles. The molecule has 30 heavy (non-hydrogen) atoms. The molecule has 164 valence electrons. The molecule has 9 heteroatoms. The fraction of sp³-hybridized carbons (Fsp3) is 0.524. The topological polar surface area (TPSA) is 62.2 Å². The van der Waals surface area contributed by atoms with Crippen LogP contribution in [0.2, 0.25) is 0 Å². The van der Waals surface area contributed by atoms with Crippen LogP contribution in [-0.2, 0) is 24.4 Å². The summed E-state index contributed by atoms with van der Waals surface area (Å²) in [5.41, 5.74) is 3.50. The Labute approximate surface area is 188 Å². The molecule has 0 saturated carbocycles. The molecule has 5 rings (SSSR count). The third-order valence-electron chi connectivity index (χ3n) is 6.62. The molecule has 1 aromatic carbocycles. The fourth-order valence-electron chi connectivity index (χ4n) is 4.91. The van der Waals surface area contributed by atoms with Gasteiger partial charge in [0.05, 0.1) is 31.0 Å². The van der Waals surface area contributed by atoms with Gasteiger partial charge < -0.3 is 15.5 Å². The van der Waals surface area contributed by atoms with E-state index in [4.69, 9.17) is 0 Å². The number of aromatic nitrogens is 2. The number of fused-ring (bicyclic) bond motifs is 1. The van der Waals surface area contributed by atoms with Crippen LogP contribution < -0.4 is 10.6 Å². The van der Waals surface area contributed by atoms with Gasteiger partial charge in [-0.3, -0.25) is 9.48 Å². The van der Waals surface area contributed by atoms with Crippen LogP contribution in [0.3, 0.4) is 0 Å². The van der Waals surface area contributed by atoms with E-state index >= 15 is 0 Å². The van der Waals surface area contributed by atoms with Crippen molar-refractivity contribution in [1.29, 1.82) is 0 Å². The molecule has 2 aromatic rings. The molecule has 3 aliphatic rings. The van der Waals surface area contributed by atoms with Crippen molar-refractivity contribution >= 4 is 30.7 Å². The van der Waals surface area contributed by atoms with Crippen LogP contribution in [0.1, 0.15) is 36.1 Å². The highest BCUT2D eigenvalue weighted by molar-refractivity contribution is 5.85. The van der Waals surface area contributed by atoms with Gasteiger partial charge in [0, 0.05) is 18.7 Å². The van der Waals surface area contributed by atoms with Gasteiger partial charge in [0.25, 0.3) is 0 Å². The second-order valence-corrected chi connectivity index (χ2v) is 8.48. The molecule has 1 aromatic heterocycles. The molecular formula is C21H28Cl2FN5O. The molecule has 6 nitrogen and oxygen atoms in total. The largest absolute Gasteiger partial charge is 0.331 e. The Kier molecular flexibility index (Phi) is 7.07. The molecule has 3 aliphatic heterocycles. The minimum absolute atomic E-state index is 0. The predicted molar refractivity (Wildman–Crippen MR) is 117 cm³/mol. The lowest BCUT2D eigenvalue weighted by atomic mass is 9.77. The van der Waals surface area contributed by atoms with Crippen LogP contribution in [0.15, 0.2) is 30.5 Å². The van der Waals surface area contributed by atoms with Crippen LogP contribution in [0, 0.1) is 11.2 Å². The number of carbonyl (C=O) groups is 1. The number of piperidine rings is 1. The minimum atomic E-state index is -0.234. The maximum absolute atomic E-state index is 13.1. The fourth-order valence-corrected chi connectivity index (χ4v) is 4.91. The van der Waals surface area contributed by atoms with Gasteiger partial charge in [-0.1, -0.05) is 12.1 Å². The van der Waals surface area contributed by atoms with Crippen molar-refractivity contribution in [2.75, 3.05) is 19.6 Å². The van der Waals surface area contributed by atoms with Gasteiger partial charge >= 0.3 is 0 Å². The van der Waals surface area contributed by atoms with Gasteiger partial charge in [-0.25, -0.2) is 4.39 Å². The molecule has 0 bridgehead atoms. The minimum Gasteiger partial charge on any atom is -0.331 e. The predicted octanol–water partition coefficient (Wildman–Crippen LogP) is 2.49. The summed E-state index contributed by atoms with van der Waals surface area (Å²) in [4.78, 5) is 15.1. The lowest BCUT2D eigenvalue weighted by molar-refractivity contribution is -0.134. The first-order valence-electron chi connectivity index (χ1n) is 10.1. The molecule has 4 heterocycles. The summed E-state index contributed by atoms with van der Waals surface area (Å²) in [5.74, 6) is -0.0262. The molecule has 0 radical (unpaired) electrons. The molecule has 1 amide bonds. The number of carbonyl (C=O) groups excluding carboxylic acids is 1. The quantitative estimate of drug-likeness (QED) is 0.745. The zero-order valence-corrected chi connectivity index (χ0v) is 18.4. The number of halogens is 3. The van der Waals surface area contributed by atoms with Crippen molar-refractivity contribution in [2.24, 2.45) is 5.41 Å². The number of amides is 1. The Hall–Kier alpha value is -1.67. The van der Waals surface area contributed by atoms with Crippen molar-refractivity contribution in [3.63, 3.8) is 0 Å². The lowest BCUT2D eigenvalue weighted by Crippen LogP contribution is -2.41. The summed E-state index contributed by atoms with van der Waals surface area (Å²) in [6.45, 7) is 4.88. The molecule has 2 saturated heterocycles. The monoisotopic (exact) mass is 455 g/mol. The van der Waals surface area contributed by atoms with Crippen LogP contribution in [-0.4, -0.2) is 46.3 Å². The number of hydrogen-bond donors (Lipinski definition) is 2. The van der Waals surface area contributed by atoms with Crippen LogP contribution in [0.5, 0.6) is 0 Å². The van der Waals surface area contributed by atoms with E-state index in [9.17, 15) is 9.18 Å². The molecule has 1 unspecified atom stereocenters. The third-order valence-corrected chi connectivity index (χ3v) is 6.62. The number of benzene rings is 1. The first-order chi connectivity index (χ1) is 13.6. The summed E-state index contributed by atoms with van der Waals surface area (Å²) in [6, 6.07) is 6.43. The summed E-state index contributed by atoms with van der Waals surface area (Å²) >= 11 is 0. The van der Waals surface area contributed by atoms with Gasteiger partial charge in [0.15, 0.2) is 0 Å². The molecule has 2 N–H and O–H groups in total. The zero-order chi connectivity index (χ0) is 19.1. The third kappa shape index (κ3) is 4.35. The van der Waals surface area contributed by atoms with Crippen LogP contribution in [0.4, 0.5) is 4.39 Å². The summed E-state index contributed by atoms with van der Waals surface area (Å²) in [5, 5.41) is 11.4. The van der Waals surface area contributed by atoms with Crippen LogP contribution in [0.25, 0.3) is 0 Å². The first-order valence-corrected chi connectivity index (χ1v) is 10.1. The van der Waals surface area contributed by atoms with E-state index in [0.29, 0.717) is 19.6 Å². The first kappa shape index (κ1) is 23.0. The number of rotatable bonds is 3. The van der Waals surface area contributed by atoms with Crippen molar-refractivity contribution in [1.82, 2.24) is 25.3 Å². The van der Waals surface area contributed by atoms with E-state index in [2.05, 4.69) is 15.7 Å². The maximum atomic E-state index is 13.1. The highest BCUT2D eigenvalue weighted by atomic mass is 35.5.